The van der Waals surface area contributed by atoms with Crippen molar-refractivity contribution in [2.75, 3.05) is 20.6 Å². The van der Waals surface area contributed by atoms with Crippen LogP contribution in [0, 0.1) is 23.2 Å². The lowest BCUT2D eigenvalue weighted by molar-refractivity contribution is -0.143. The highest BCUT2D eigenvalue weighted by Gasteiger charge is 2.51. The predicted octanol–water partition coefficient (Wildman–Crippen LogP) is 3.82. The van der Waals surface area contributed by atoms with E-state index in [2.05, 4.69) is 19.0 Å². The molecule has 1 aromatic carbocycles. The summed E-state index contributed by atoms with van der Waals surface area (Å²) in [5.41, 5.74) is -0.511. The zero-order chi connectivity index (χ0) is 19.1. The monoisotopic (exact) mass is 359 g/mol. The van der Waals surface area contributed by atoms with Crippen LogP contribution in [0.3, 0.4) is 0 Å². The van der Waals surface area contributed by atoms with Crippen molar-refractivity contribution < 1.29 is 14.6 Å². The van der Waals surface area contributed by atoms with Crippen LogP contribution in [0.2, 0.25) is 0 Å². The van der Waals surface area contributed by atoms with Gasteiger partial charge in [0.25, 0.3) is 0 Å². The molecule has 4 heteroatoms. The lowest BCUT2D eigenvalue weighted by atomic mass is 9.66. The second kappa shape index (κ2) is 6.97. The summed E-state index contributed by atoms with van der Waals surface area (Å²) in [5.74, 6) is 1.66. The van der Waals surface area contributed by atoms with E-state index >= 15 is 0 Å². The number of nitrogens with zero attached hydrogens (tertiary/aromatic N) is 1. The minimum Gasteiger partial charge on any atom is -0.426 e. The normalized spacial score (nSPS) is 31.3. The summed E-state index contributed by atoms with van der Waals surface area (Å²) in [7, 11) is 4.14. The zero-order valence-electron chi connectivity index (χ0n) is 16.8. The molecule has 0 heterocycles. The Labute approximate surface area is 157 Å². The fourth-order valence-electron chi connectivity index (χ4n) is 4.76. The molecule has 144 valence electrons. The zero-order valence-corrected chi connectivity index (χ0v) is 16.8. The molecular formula is C22H33NO3. The number of aliphatic hydroxyl groups is 1. The van der Waals surface area contributed by atoms with Crippen molar-refractivity contribution in [2.45, 2.75) is 52.1 Å². The summed E-state index contributed by atoms with van der Waals surface area (Å²) in [5, 5.41) is 11.8. The molecule has 2 saturated carbocycles. The van der Waals surface area contributed by atoms with E-state index in [-0.39, 0.29) is 11.9 Å². The van der Waals surface area contributed by atoms with Gasteiger partial charge >= 0.3 is 5.97 Å². The SMILES string of the molecule is CN(C)CC1C2CCC(C2)CC1(O)c1cccc(OC(=O)C(C)(C)C)c1. The van der Waals surface area contributed by atoms with E-state index in [4.69, 9.17) is 4.74 Å². The van der Waals surface area contributed by atoms with Crippen LogP contribution in [0.4, 0.5) is 0 Å². The van der Waals surface area contributed by atoms with Crippen molar-refractivity contribution in [3.8, 4) is 5.75 Å². The van der Waals surface area contributed by atoms with Crippen molar-refractivity contribution in [2.24, 2.45) is 23.2 Å². The van der Waals surface area contributed by atoms with E-state index in [1.54, 1.807) is 6.07 Å². The maximum atomic E-state index is 12.2. The van der Waals surface area contributed by atoms with Crippen LogP contribution in [0.25, 0.3) is 0 Å². The molecule has 0 spiro atoms. The third kappa shape index (κ3) is 3.81. The second-order valence-corrected chi connectivity index (χ2v) is 9.60. The van der Waals surface area contributed by atoms with E-state index in [0.29, 0.717) is 17.6 Å². The van der Waals surface area contributed by atoms with Gasteiger partial charge in [-0.1, -0.05) is 18.6 Å². The molecule has 4 unspecified atom stereocenters. The predicted molar refractivity (Wildman–Crippen MR) is 103 cm³/mol. The van der Waals surface area contributed by atoms with Crippen LogP contribution in [0.5, 0.6) is 5.75 Å². The van der Waals surface area contributed by atoms with Crippen LogP contribution in [-0.2, 0) is 10.4 Å². The Morgan fingerprint density at radius 1 is 1.31 bits per heavy atom. The highest BCUT2D eigenvalue weighted by Crippen LogP contribution is 2.54. The Balaban J connectivity index is 1.90. The van der Waals surface area contributed by atoms with Crippen LogP contribution < -0.4 is 4.74 Å². The van der Waals surface area contributed by atoms with E-state index in [1.807, 2.05) is 39.0 Å². The maximum Gasteiger partial charge on any atom is 0.316 e. The molecule has 0 amide bonds. The molecule has 3 rings (SSSR count). The minimum atomic E-state index is -0.849. The van der Waals surface area contributed by atoms with Gasteiger partial charge in [-0.05, 0) is 83.7 Å². The first-order valence-electron chi connectivity index (χ1n) is 9.79. The molecule has 0 aromatic heterocycles. The number of carbonyl (C=O) groups excluding carboxylic acids is 1. The van der Waals surface area contributed by atoms with E-state index in [1.165, 1.54) is 19.3 Å². The Morgan fingerprint density at radius 3 is 2.69 bits per heavy atom. The third-order valence-electron chi connectivity index (χ3n) is 6.08. The quantitative estimate of drug-likeness (QED) is 0.656. The molecule has 0 aliphatic heterocycles. The van der Waals surface area contributed by atoms with Gasteiger partial charge in [0.05, 0.1) is 11.0 Å². The molecule has 2 bridgehead atoms. The van der Waals surface area contributed by atoms with Gasteiger partial charge in [-0.15, -0.1) is 0 Å². The van der Waals surface area contributed by atoms with Crippen LogP contribution in [0.15, 0.2) is 24.3 Å². The smallest absolute Gasteiger partial charge is 0.316 e. The summed E-state index contributed by atoms with van der Waals surface area (Å²) >= 11 is 0. The fourth-order valence-corrected chi connectivity index (χ4v) is 4.76. The van der Waals surface area contributed by atoms with Crippen molar-refractivity contribution in [1.29, 1.82) is 0 Å². The van der Waals surface area contributed by atoms with Gasteiger partial charge in [0.2, 0.25) is 0 Å². The number of hydrogen-bond donors (Lipinski definition) is 1. The molecule has 2 fully saturated rings. The van der Waals surface area contributed by atoms with Gasteiger partial charge in [0, 0.05) is 12.5 Å². The third-order valence-corrected chi connectivity index (χ3v) is 6.08. The number of esters is 1. The van der Waals surface area contributed by atoms with Gasteiger partial charge in [-0.3, -0.25) is 4.79 Å². The highest BCUT2D eigenvalue weighted by molar-refractivity contribution is 5.77. The maximum absolute atomic E-state index is 12.2. The summed E-state index contributed by atoms with van der Waals surface area (Å²) in [4.78, 5) is 14.4. The van der Waals surface area contributed by atoms with Gasteiger partial charge in [0.1, 0.15) is 5.75 Å². The van der Waals surface area contributed by atoms with Crippen LogP contribution >= 0.6 is 0 Å². The molecule has 2 aliphatic carbocycles. The largest absolute Gasteiger partial charge is 0.426 e. The van der Waals surface area contributed by atoms with Crippen molar-refractivity contribution in [1.82, 2.24) is 4.90 Å². The first kappa shape index (κ1) is 19.4. The standard InChI is InChI=1S/C22H33NO3/c1-21(2,3)20(24)26-18-8-6-7-17(12-18)22(25)13-15-9-10-16(11-15)19(22)14-23(4)5/h6-8,12,15-16,19,25H,9-11,13-14H2,1-5H3. The Morgan fingerprint density at radius 2 is 2.04 bits per heavy atom. The topological polar surface area (TPSA) is 49.8 Å². The van der Waals surface area contributed by atoms with Gasteiger partial charge in [-0.2, -0.15) is 0 Å². The van der Waals surface area contributed by atoms with Gasteiger partial charge in [-0.25, -0.2) is 0 Å². The average Bonchev–Trinajstić information content (AvgIpc) is 2.94. The molecular weight excluding hydrogens is 326 g/mol. The highest BCUT2D eigenvalue weighted by atomic mass is 16.5. The summed E-state index contributed by atoms with van der Waals surface area (Å²) in [6.45, 7) is 6.41. The Hall–Kier alpha value is -1.39. The molecule has 26 heavy (non-hydrogen) atoms. The molecule has 0 radical (unpaired) electrons. The Bertz CT molecular complexity index is 664. The van der Waals surface area contributed by atoms with E-state index < -0.39 is 11.0 Å². The van der Waals surface area contributed by atoms with Crippen molar-refractivity contribution >= 4 is 5.97 Å². The molecule has 1 aromatic rings. The number of rotatable bonds is 4. The Kier molecular flexibility index (Phi) is 5.19. The lowest BCUT2D eigenvalue weighted by Crippen LogP contribution is -2.47. The average molecular weight is 360 g/mol. The second-order valence-electron chi connectivity index (χ2n) is 9.60. The summed E-state index contributed by atoms with van der Waals surface area (Å²) in [6.07, 6.45) is 4.47. The molecule has 1 N–H and O–H groups in total. The van der Waals surface area contributed by atoms with Crippen LogP contribution in [0.1, 0.15) is 52.0 Å². The number of ether oxygens (including phenoxy) is 1. The lowest BCUT2D eigenvalue weighted by Gasteiger charge is -2.45. The minimum absolute atomic E-state index is 0.213. The van der Waals surface area contributed by atoms with E-state index in [0.717, 1.165) is 18.5 Å². The van der Waals surface area contributed by atoms with Gasteiger partial charge in [0.15, 0.2) is 0 Å². The summed E-state index contributed by atoms with van der Waals surface area (Å²) in [6, 6.07) is 7.55. The molecule has 0 saturated heterocycles. The fraction of sp³-hybridized carbons (Fsp3) is 0.682. The summed E-state index contributed by atoms with van der Waals surface area (Å²) < 4.78 is 5.58. The first-order chi connectivity index (χ1) is 12.1. The van der Waals surface area contributed by atoms with Crippen molar-refractivity contribution in [3.05, 3.63) is 29.8 Å². The first-order valence-corrected chi connectivity index (χ1v) is 9.79. The van der Waals surface area contributed by atoms with Gasteiger partial charge < -0.3 is 14.7 Å². The molecule has 2 aliphatic rings. The number of hydrogen-bond acceptors (Lipinski definition) is 4. The number of carbonyl (C=O) groups is 1. The van der Waals surface area contributed by atoms with E-state index in [9.17, 15) is 9.90 Å². The molecule has 4 nitrogen and oxygen atoms in total. The number of benzene rings is 1. The number of fused-ring (bicyclic) bond motifs is 2. The molecule has 4 atom stereocenters. The van der Waals surface area contributed by atoms with Crippen molar-refractivity contribution in [3.63, 3.8) is 0 Å². The van der Waals surface area contributed by atoms with Crippen LogP contribution in [-0.4, -0.2) is 36.6 Å².